The van der Waals surface area contributed by atoms with E-state index in [-0.39, 0.29) is 16.9 Å². The number of aromatic nitrogens is 1. The zero-order valence-corrected chi connectivity index (χ0v) is 14.4. The van der Waals surface area contributed by atoms with E-state index in [1.54, 1.807) is 0 Å². The standard InChI is InChI=1S/C20H22N4/c1-5-20(4)10-9-14-17(18(20)23-24-21)12-11-22-15-8-6-7-13(16(12)15)19(14,2)3/h5-8,11,18,22H,1,9-10H2,2-4H3/t18-,20+/m1/s1. The van der Waals surface area contributed by atoms with E-state index in [1.807, 2.05) is 6.08 Å². The molecule has 1 heterocycles. The van der Waals surface area contributed by atoms with Gasteiger partial charge >= 0.3 is 0 Å². The molecule has 0 saturated carbocycles. The molecule has 4 rings (SSSR count). The molecule has 24 heavy (non-hydrogen) atoms. The van der Waals surface area contributed by atoms with Crippen molar-refractivity contribution in [1.82, 2.24) is 4.98 Å². The number of nitrogens with zero attached hydrogens (tertiary/aromatic N) is 3. The van der Waals surface area contributed by atoms with E-state index in [9.17, 15) is 5.53 Å². The first-order valence-corrected chi connectivity index (χ1v) is 8.46. The van der Waals surface area contributed by atoms with Gasteiger partial charge in [0.05, 0.1) is 6.04 Å². The molecule has 1 N–H and O–H groups in total. The Bertz CT molecular complexity index is 940. The summed E-state index contributed by atoms with van der Waals surface area (Å²) in [5, 5.41) is 5.51. The lowest BCUT2D eigenvalue weighted by atomic mass is 9.59. The van der Waals surface area contributed by atoms with E-state index in [2.05, 4.69) is 66.8 Å². The second-order valence-corrected chi connectivity index (χ2v) is 7.77. The number of H-pyrrole nitrogens is 1. The van der Waals surface area contributed by atoms with Gasteiger partial charge in [-0.1, -0.05) is 49.7 Å². The normalized spacial score (nSPS) is 27.5. The number of benzene rings is 1. The molecule has 0 amide bonds. The average Bonchev–Trinajstić information content (AvgIpc) is 2.99. The summed E-state index contributed by atoms with van der Waals surface area (Å²) in [5.74, 6) is 0. The van der Waals surface area contributed by atoms with Crippen LogP contribution in [0.3, 0.4) is 0 Å². The van der Waals surface area contributed by atoms with Crippen LogP contribution < -0.4 is 0 Å². The van der Waals surface area contributed by atoms with Crippen LogP contribution in [0.1, 0.15) is 44.7 Å². The lowest BCUT2D eigenvalue weighted by Crippen LogP contribution is -2.39. The molecule has 0 aliphatic heterocycles. The monoisotopic (exact) mass is 318 g/mol. The number of aromatic amines is 1. The van der Waals surface area contributed by atoms with E-state index in [4.69, 9.17) is 0 Å². The lowest BCUT2D eigenvalue weighted by Gasteiger charge is -2.46. The quantitative estimate of drug-likeness (QED) is 0.311. The first-order valence-electron chi connectivity index (χ1n) is 8.46. The Morgan fingerprint density at radius 3 is 2.88 bits per heavy atom. The van der Waals surface area contributed by atoms with Crippen LogP contribution in [0.2, 0.25) is 0 Å². The maximum Gasteiger partial charge on any atom is 0.0719 e. The first-order chi connectivity index (χ1) is 11.4. The molecule has 2 aromatic rings. The van der Waals surface area contributed by atoms with Crippen LogP contribution in [-0.2, 0) is 5.41 Å². The molecule has 2 aliphatic carbocycles. The molecular formula is C20H22N4. The minimum absolute atomic E-state index is 0.0598. The zero-order chi connectivity index (χ0) is 17.1. The third-order valence-electron chi connectivity index (χ3n) is 6.19. The van der Waals surface area contributed by atoms with Gasteiger partial charge in [-0.15, -0.1) is 6.58 Å². The first kappa shape index (κ1) is 15.1. The van der Waals surface area contributed by atoms with Gasteiger partial charge < -0.3 is 4.98 Å². The largest absolute Gasteiger partial charge is 0.361 e. The van der Waals surface area contributed by atoms with Gasteiger partial charge in [0.1, 0.15) is 0 Å². The summed E-state index contributed by atoms with van der Waals surface area (Å²) in [6.45, 7) is 10.8. The second kappa shape index (κ2) is 4.78. The van der Waals surface area contributed by atoms with Crippen LogP contribution in [0.4, 0.5) is 0 Å². The second-order valence-electron chi connectivity index (χ2n) is 7.77. The Morgan fingerprint density at radius 2 is 2.17 bits per heavy atom. The van der Waals surface area contributed by atoms with Crippen molar-refractivity contribution in [2.24, 2.45) is 10.5 Å². The molecule has 2 aliphatic rings. The molecule has 122 valence electrons. The number of hydrogen-bond donors (Lipinski definition) is 1. The van der Waals surface area contributed by atoms with Crippen molar-refractivity contribution in [1.29, 1.82) is 0 Å². The van der Waals surface area contributed by atoms with Crippen LogP contribution in [0, 0.1) is 5.41 Å². The fraction of sp³-hybridized carbons (Fsp3) is 0.400. The van der Waals surface area contributed by atoms with Gasteiger partial charge in [-0.3, -0.25) is 0 Å². The van der Waals surface area contributed by atoms with E-state index < -0.39 is 0 Å². The molecule has 4 nitrogen and oxygen atoms in total. The number of rotatable bonds is 2. The molecular weight excluding hydrogens is 296 g/mol. The van der Waals surface area contributed by atoms with Crippen molar-refractivity contribution < 1.29 is 0 Å². The van der Waals surface area contributed by atoms with Crippen molar-refractivity contribution in [3.05, 3.63) is 64.2 Å². The van der Waals surface area contributed by atoms with Gasteiger partial charge in [0.15, 0.2) is 0 Å². The van der Waals surface area contributed by atoms with Crippen LogP contribution in [0.15, 0.2) is 47.7 Å². The molecule has 0 saturated heterocycles. The van der Waals surface area contributed by atoms with Gasteiger partial charge in [-0.2, -0.15) is 0 Å². The summed E-state index contributed by atoms with van der Waals surface area (Å²) in [7, 11) is 0. The van der Waals surface area contributed by atoms with Crippen molar-refractivity contribution in [2.45, 2.75) is 45.1 Å². The fourth-order valence-electron chi connectivity index (χ4n) is 4.66. The molecule has 0 radical (unpaired) electrons. The number of hydrogen-bond acceptors (Lipinski definition) is 1. The highest BCUT2D eigenvalue weighted by atomic mass is 15.2. The van der Waals surface area contributed by atoms with Crippen molar-refractivity contribution in [2.75, 3.05) is 0 Å². The topological polar surface area (TPSA) is 64.5 Å². The highest BCUT2D eigenvalue weighted by Crippen LogP contribution is 2.56. The van der Waals surface area contributed by atoms with E-state index in [0.717, 1.165) is 18.4 Å². The number of fused-ring (bicyclic) bond motifs is 1. The van der Waals surface area contributed by atoms with Crippen molar-refractivity contribution in [3.8, 4) is 0 Å². The van der Waals surface area contributed by atoms with E-state index in [0.29, 0.717) is 0 Å². The zero-order valence-electron chi connectivity index (χ0n) is 14.4. The SMILES string of the molecule is C=C[C@@]1(C)CCC2=C(c3c[nH]c4cccc(c34)C2(C)C)[C@H]1N=[N+]=[N-]. The Labute approximate surface area is 141 Å². The molecule has 0 fully saturated rings. The third kappa shape index (κ3) is 1.72. The van der Waals surface area contributed by atoms with Gasteiger partial charge in [0, 0.05) is 33.0 Å². The van der Waals surface area contributed by atoms with Crippen LogP contribution in [0.25, 0.3) is 26.9 Å². The molecule has 1 aromatic carbocycles. The number of azide groups is 1. The van der Waals surface area contributed by atoms with Gasteiger partial charge in [-0.05, 0) is 41.0 Å². The van der Waals surface area contributed by atoms with E-state index in [1.165, 1.54) is 27.7 Å². The molecule has 4 heteroatoms. The van der Waals surface area contributed by atoms with Gasteiger partial charge in [0.2, 0.25) is 0 Å². The Kier molecular flexibility index (Phi) is 3.01. The third-order valence-corrected chi connectivity index (χ3v) is 6.19. The summed E-state index contributed by atoms with van der Waals surface area (Å²) >= 11 is 0. The summed E-state index contributed by atoms with van der Waals surface area (Å²) in [6.07, 6.45) is 6.00. The Balaban J connectivity index is 2.10. The summed E-state index contributed by atoms with van der Waals surface area (Å²) in [4.78, 5) is 6.58. The minimum Gasteiger partial charge on any atom is -0.361 e. The highest BCUT2D eigenvalue weighted by Gasteiger charge is 2.46. The summed E-state index contributed by atoms with van der Waals surface area (Å²) in [6, 6.07) is 6.25. The molecule has 0 bridgehead atoms. The molecule has 0 spiro atoms. The van der Waals surface area contributed by atoms with Crippen LogP contribution in [-0.4, -0.2) is 11.0 Å². The highest BCUT2D eigenvalue weighted by molar-refractivity contribution is 6.01. The van der Waals surface area contributed by atoms with Crippen molar-refractivity contribution in [3.63, 3.8) is 0 Å². The van der Waals surface area contributed by atoms with Gasteiger partial charge in [0.25, 0.3) is 0 Å². The predicted molar refractivity (Wildman–Crippen MR) is 98.7 cm³/mol. The average molecular weight is 318 g/mol. The Morgan fingerprint density at radius 1 is 1.38 bits per heavy atom. The lowest BCUT2D eigenvalue weighted by molar-refractivity contribution is 0.329. The summed E-state index contributed by atoms with van der Waals surface area (Å²) in [5.41, 5.74) is 15.2. The van der Waals surface area contributed by atoms with Crippen LogP contribution in [0.5, 0.6) is 0 Å². The molecule has 2 atom stereocenters. The molecule has 1 aromatic heterocycles. The van der Waals surface area contributed by atoms with Crippen LogP contribution >= 0.6 is 0 Å². The van der Waals surface area contributed by atoms with Crippen molar-refractivity contribution >= 4 is 16.5 Å². The predicted octanol–water partition coefficient (Wildman–Crippen LogP) is 5.88. The molecule has 0 unspecified atom stereocenters. The maximum absolute atomic E-state index is 9.20. The van der Waals surface area contributed by atoms with E-state index >= 15 is 0 Å². The summed E-state index contributed by atoms with van der Waals surface area (Å²) < 4.78 is 0. The minimum atomic E-state index is -0.213. The Hall–Kier alpha value is -2.45. The number of allylic oxidation sites excluding steroid dienone is 1. The maximum atomic E-state index is 9.20. The fourth-order valence-corrected chi connectivity index (χ4v) is 4.66. The number of nitrogens with one attached hydrogen (secondary N) is 1. The smallest absolute Gasteiger partial charge is 0.0719 e. The van der Waals surface area contributed by atoms with Gasteiger partial charge in [-0.25, -0.2) is 0 Å².